The van der Waals surface area contributed by atoms with Crippen LogP contribution in [0.25, 0.3) is 0 Å². The third-order valence-corrected chi connectivity index (χ3v) is 6.64. The van der Waals surface area contributed by atoms with Crippen LogP contribution in [-0.2, 0) is 4.74 Å². The van der Waals surface area contributed by atoms with Crippen LogP contribution in [0, 0.1) is 5.92 Å². The van der Waals surface area contributed by atoms with Crippen LogP contribution in [0.2, 0.25) is 0 Å². The van der Waals surface area contributed by atoms with Crippen LogP contribution in [0.15, 0.2) is 0 Å². The first-order valence-corrected chi connectivity index (χ1v) is 10.5. The zero-order chi connectivity index (χ0) is 17.5. The molecule has 3 fully saturated rings. The van der Waals surface area contributed by atoms with E-state index in [0.29, 0.717) is 5.92 Å². The first kappa shape index (κ1) is 19.0. The van der Waals surface area contributed by atoms with Crippen molar-refractivity contribution in [1.29, 1.82) is 0 Å². The van der Waals surface area contributed by atoms with Crippen molar-refractivity contribution in [2.75, 3.05) is 46.4 Å². The molecule has 1 aliphatic heterocycles. The maximum atomic E-state index is 12.7. The van der Waals surface area contributed by atoms with E-state index in [9.17, 15) is 4.79 Å². The smallest absolute Gasteiger partial charge is 0.317 e. The highest BCUT2D eigenvalue weighted by Gasteiger charge is 2.39. The molecule has 144 valence electrons. The van der Waals surface area contributed by atoms with Crippen LogP contribution < -0.4 is 5.32 Å². The predicted octanol–water partition coefficient (Wildman–Crippen LogP) is 3.24. The highest BCUT2D eigenvalue weighted by molar-refractivity contribution is 5.73. The Morgan fingerprint density at radius 2 is 1.72 bits per heavy atom. The number of morpholine rings is 1. The average Bonchev–Trinajstić information content (AvgIpc) is 2.68. The van der Waals surface area contributed by atoms with E-state index in [1.807, 2.05) is 11.9 Å². The fourth-order valence-corrected chi connectivity index (χ4v) is 5.07. The van der Waals surface area contributed by atoms with Crippen molar-refractivity contribution in [3.05, 3.63) is 0 Å². The molecule has 0 aromatic carbocycles. The van der Waals surface area contributed by atoms with E-state index in [0.717, 1.165) is 39.4 Å². The highest BCUT2D eigenvalue weighted by atomic mass is 16.5. The Morgan fingerprint density at radius 3 is 2.40 bits per heavy atom. The van der Waals surface area contributed by atoms with Gasteiger partial charge < -0.3 is 15.0 Å². The largest absolute Gasteiger partial charge is 0.379 e. The van der Waals surface area contributed by atoms with Gasteiger partial charge in [0, 0.05) is 38.8 Å². The second kappa shape index (κ2) is 9.22. The Labute approximate surface area is 153 Å². The molecule has 3 aliphatic rings. The zero-order valence-corrected chi connectivity index (χ0v) is 16.1. The highest BCUT2D eigenvalue weighted by Crippen LogP contribution is 2.34. The summed E-state index contributed by atoms with van der Waals surface area (Å²) in [5.41, 5.74) is 0.156. The van der Waals surface area contributed by atoms with Crippen LogP contribution in [0.1, 0.15) is 64.2 Å². The molecule has 0 aromatic heterocycles. The molecule has 5 heteroatoms. The molecule has 5 nitrogen and oxygen atoms in total. The van der Waals surface area contributed by atoms with Crippen LogP contribution >= 0.6 is 0 Å². The molecule has 0 aromatic rings. The van der Waals surface area contributed by atoms with Gasteiger partial charge in [0.15, 0.2) is 0 Å². The summed E-state index contributed by atoms with van der Waals surface area (Å²) in [6, 6.07) is 0.115. The third kappa shape index (κ3) is 5.10. The number of urea groups is 1. The van der Waals surface area contributed by atoms with Gasteiger partial charge in [-0.2, -0.15) is 0 Å². The molecule has 1 saturated heterocycles. The lowest BCUT2D eigenvalue weighted by Gasteiger charge is -2.48. The van der Waals surface area contributed by atoms with Crippen molar-refractivity contribution >= 4 is 6.03 Å². The summed E-state index contributed by atoms with van der Waals surface area (Å²) in [6.07, 6.45) is 12.9. The van der Waals surface area contributed by atoms with E-state index in [4.69, 9.17) is 4.74 Å². The number of nitrogens with zero attached hydrogens (tertiary/aromatic N) is 2. The molecule has 3 rings (SSSR count). The van der Waals surface area contributed by atoms with Gasteiger partial charge in [-0.3, -0.25) is 4.90 Å². The minimum atomic E-state index is 0.115. The number of hydrogen-bond acceptors (Lipinski definition) is 3. The van der Waals surface area contributed by atoms with Gasteiger partial charge in [-0.15, -0.1) is 0 Å². The van der Waals surface area contributed by atoms with E-state index in [-0.39, 0.29) is 11.6 Å². The third-order valence-electron chi connectivity index (χ3n) is 6.64. The molecule has 1 N–H and O–H groups in total. The molecule has 1 heterocycles. The minimum absolute atomic E-state index is 0.115. The summed E-state index contributed by atoms with van der Waals surface area (Å²) in [5.74, 6) is 0.701. The molecule has 0 spiro atoms. The van der Waals surface area contributed by atoms with Crippen molar-refractivity contribution in [1.82, 2.24) is 15.1 Å². The Morgan fingerprint density at radius 1 is 1.08 bits per heavy atom. The maximum absolute atomic E-state index is 12.7. The van der Waals surface area contributed by atoms with Crippen LogP contribution in [0.4, 0.5) is 4.79 Å². The SMILES string of the molecule is CN(CC1CCCCC1)C(=O)NCC1(N2CCOCC2)CCCCC1. The summed E-state index contributed by atoms with van der Waals surface area (Å²) in [7, 11) is 1.96. The van der Waals surface area contributed by atoms with E-state index in [1.54, 1.807) is 0 Å². The average molecular weight is 352 g/mol. The minimum Gasteiger partial charge on any atom is -0.379 e. The second-order valence-electron chi connectivity index (χ2n) is 8.43. The molecular weight excluding hydrogens is 314 g/mol. The fourth-order valence-electron chi connectivity index (χ4n) is 5.07. The van der Waals surface area contributed by atoms with Gasteiger partial charge in [0.2, 0.25) is 0 Å². The van der Waals surface area contributed by atoms with Gasteiger partial charge in [0.1, 0.15) is 0 Å². The Hall–Kier alpha value is -0.810. The van der Waals surface area contributed by atoms with Gasteiger partial charge in [0.25, 0.3) is 0 Å². The molecule has 2 saturated carbocycles. The number of nitrogens with one attached hydrogen (secondary N) is 1. The van der Waals surface area contributed by atoms with Crippen molar-refractivity contribution in [2.24, 2.45) is 5.92 Å². The second-order valence-corrected chi connectivity index (χ2v) is 8.43. The van der Waals surface area contributed by atoms with Crippen molar-refractivity contribution < 1.29 is 9.53 Å². The first-order chi connectivity index (χ1) is 12.2. The molecule has 0 radical (unpaired) electrons. The lowest BCUT2D eigenvalue weighted by atomic mass is 9.80. The molecule has 0 bridgehead atoms. The summed E-state index contributed by atoms with van der Waals surface area (Å²) in [6.45, 7) is 5.38. The van der Waals surface area contributed by atoms with Gasteiger partial charge >= 0.3 is 6.03 Å². The van der Waals surface area contributed by atoms with Crippen LogP contribution in [-0.4, -0.2) is 67.8 Å². The molecule has 2 amide bonds. The number of ether oxygens (including phenoxy) is 1. The number of rotatable bonds is 5. The number of hydrogen-bond donors (Lipinski definition) is 1. The Balaban J connectivity index is 1.51. The molecule has 25 heavy (non-hydrogen) atoms. The van der Waals surface area contributed by atoms with Crippen molar-refractivity contribution in [3.63, 3.8) is 0 Å². The van der Waals surface area contributed by atoms with E-state index in [1.165, 1.54) is 64.2 Å². The predicted molar refractivity (Wildman–Crippen MR) is 101 cm³/mol. The topological polar surface area (TPSA) is 44.8 Å². The van der Waals surface area contributed by atoms with Gasteiger partial charge in [-0.1, -0.05) is 38.5 Å². The lowest BCUT2D eigenvalue weighted by Crippen LogP contribution is -2.60. The molecule has 0 atom stereocenters. The van der Waals surface area contributed by atoms with Crippen LogP contribution in [0.3, 0.4) is 0 Å². The summed E-state index contributed by atoms with van der Waals surface area (Å²) in [4.78, 5) is 17.2. The zero-order valence-electron chi connectivity index (χ0n) is 16.1. The normalized spacial score (nSPS) is 25.5. The van der Waals surface area contributed by atoms with Gasteiger partial charge in [-0.05, 0) is 31.6 Å². The molecule has 2 aliphatic carbocycles. The van der Waals surface area contributed by atoms with Crippen molar-refractivity contribution in [3.8, 4) is 0 Å². The van der Waals surface area contributed by atoms with E-state index >= 15 is 0 Å². The molecular formula is C20H37N3O2. The van der Waals surface area contributed by atoms with Gasteiger partial charge in [-0.25, -0.2) is 4.79 Å². The van der Waals surface area contributed by atoms with E-state index in [2.05, 4.69) is 10.2 Å². The Kier molecular flexibility index (Phi) is 7.00. The first-order valence-electron chi connectivity index (χ1n) is 10.5. The quantitative estimate of drug-likeness (QED) is 0.827. The maximum Gasteiger partial charge on any atom is 0.317 e. The monoisotopic (exact) mass is 351 g/mol. The molecule has 0 unspecified atom stereocenters. The van der Waals surface area contributed by atoms with Crippen LogP contribution in [0.5, 0.6) is 0 Å². The van der Waals surface area contributed by atoms with Crippen molar-refractivity contribution in [2.45, 2.75) is 69.7 Å². The summed E-state index contributed by atoms with van der Waals surface area (Å²) < 4.78 is 5.55. The summed E-state index contributed by atoms with van der Waals surface area (Å²) in [5, 5.41) is 3.28. The van der Waals surface area contributed by atoms with E-state index < -0.39 is 0 Å². The summed E-state index contributed by atoms with van der Waals surface area (Å²) >= 11 is 0. The van der Waals surface area contributed by atoms with Gasteiger partial charge in [0.05, 0.1) is 13.2 Å². The number of amides is 2. The number of carbonyl (C=O) groups excluding carboxylic acids is 1. The standard InChI is InChI=1S/C20H37N3O2/c1-22(16-18-8-4-2-5-9-18)19(24)21-17-20(10-6-3-7-11-20)23-12-14-25-15-13-23/h18H,2-17H2,1H3,(H,21,24). The fraction of sp³-hybridized carbons (Fsp3) is 0.950. The lowest BCUT2D eigenvalue weighted by molar-refractivity contribution is -0.0360. The number of carbonyl (C=O) groups is 1. The Bertz CT molecular complexity index is 411.